The topological polar surface area (TPSA) is 29.1 Å². The maximum atomic E-state index is 12.4. The summed E-state index contributed by atoms with van der Waals surface area (Å²) in [6, 6.07) is 18.2. The number of hydrogen-bond donors (Lipinski definition) is 1. The molecule has 1 amide bonds. The molecule has 0 radical (unpaired) electrons. The van der Waals surface area contributed by atoms with Gasteiger partial charge in [0.2, 0.25) is 5.91 Å². The molecule has 1 N–H and O–H groups in total. The second-order valence-corrected chi connectivity index (χ2v) is 5.60. The number of amides is 1. The molecule has 2 aromatic rings. The van der Waals surface area contributed by atoms with E-state index in [0.29, 0.717) is 6.54 Å². The van der Waals surface area contributed by atoms with Crippen LogP contribution in [0.5, 0.6) is 0 Å². The molecule has 1 atom stereocenters. The van der Waals surface area contributed by atoms with Crippen molar-refractivity contribution in [3.05, 3.63) is 71.3 Å². The molecule has 21 heavy (non-hydrogen) atoms. The van der Waals surface area contributed by atoms with Gasteiger partial charge < -0.3 is 5.32 Å². The highest BCUT2D eigenvalue weighted by Gasteiger charge is 2.17. The van der Waals surface area contributed by atoms with Crippen molar-refractivity contribution in [2.75, 3.05) is 0 Å². The molecule has 0 heterocycles. The molecule has 110 valence electrons. The summed E-state index contributed by atoms with van der Waals surface area (Å²) in [6.45, 7) is 2.62. The van der Waals surface area contributed by atoms with E-state index >= 15 is 0 Å². The van der Waals surface area contributed by atoms with E-state index in [1.807, 2.05) is 37.3 Å². The Hall–Kier alpha value is -1.61. The average Bonchev–Trinajstić information content (AvgIpc) is 2.55. The molecule has 0 aliphatic rings. The Balaban J connectivity index is 1.96. The van der Waals surface area contributed by atoms with Crippen molar-refractivity contribution in [2.45, 2.75) is 31.1 Å². The fourth-order valence-corrected chi connectivity index (χ4v) is 2.69. The minimum Gasteiger partial charge on any atom is -0.351 e. The molecule has 2 aromatic carbocycles. The van der Waals surface area contributed by atoms with E-state index in [1.165, 1.54) is 5.56 Å². The lowest BCUT2D eigenvalue weighted by molar-refractivity contribution is -0.122. The summed E-state index contributed by atoms with van der Waals surface area (Å²) >= 11 is 3.43. The van der Waals surface area contributed by atoms with Crippen LogP contribution < -0.4 is 5.32 Å². The van der Waals surface area contributed by atoms with Crippen molar-refractivity contribution in [1.29, 1.82) is 0 Å². The highest BCUT2D eigenvalue weighted by atomic mass is 79.9. The first kappa shape index (κ1) is 15.8. The average molecular weight is 346 g/mol. The van der Waals surface area contributed by atoms with Gasteiger partial charge in [0, 0.05) is 11.9 Å². The van der Waals surface area contributed by atoms with Crippen LogP contribution in [0.15, 0.2) is 54.6 Å². The third kappa shape index (κ3) is 4.43. The predicted octanol–water partition coefficient (Wildman–Crippen LogP) is 4.39. The zero-order chi connectivity index (χ0) is 15.1. The number of carbonyl (C=O) groups excluding carboxylic acids is 1. The number of carbonyl (C=O) groups is 1. The molecule has 0 bridgehead atoms. The minimum atomic E-state index is -0.0759. The van der Waals surface area contributed by atoms with Crippen LogP contribution in [0.2, 0.25) is 0 Å². The summed E-state index contributed by atoms with van der Waals surface area (Å²) < 4.78 is 0. The maximum absolute atomic E-state index is 12.4. The van der Waals surface area contributed by atoms with Crippen LogP contribution in [-0.2, 0) is 16.7 Å². The maximum Gasteiger partial charge on any atom is 0.227 e. The summed E-state index contributed by atoms with van der Waals surface area (Å²) in [5.41, 5.74) is 3.43. The second kappa shape index (κ2) is 7.99. The van der Waals surface area contributed by atoms with Gasteiger partial charge in [-0.1, -0.05) is 77.5 Å². The first-order valence-corrected chi connectivity index (χ1v) is 8.33. The predicted molar refractivity (Wildman–Crippen MR) is 90.4 cm³/mol. The van der Waals surface area contributed by atoms with E-state index < -0.39 is 0 Å². The standard InChI is InChI=1S/C18H20BrNO/c1-2-17(16-6-4-3-5-7-16)18(21)20-13-15-10-8-14(12-19)9-11-15/h3-11,17H,2,12-13H2,1H3,(H,20,21). The van der Waals surface area contributed by atoms with Crippen LogP contribution >= 0.6 is 15.9 Å². The van der Waals surface area contributed by atoms with Crippen molar-refractivity contribution < 1.29 is 4.79 Å². The summed E-state index contributed by atoms with van der Waals surface area (Å²) in [5, 5.41) is 3.89. The quantitative estimate of drug-likeness (QED) is 0.772. The monoisotopic (exact) mass is 345 g/mol. The summed E-state index contributed by atoms with van der Waals surface area (Å²) in [6.07, 6.45) is 0.804. The Labute approximate surface area is 134 Å². The molecule has 1 unspecified atom stereocenters. The van der Waals surface area contributed by atoms with Gasteiger partial charge in [0.25, 0.3) is 0 Å². The van der Waals surface area contributed by atoms with Gasteiger partial charge >= 0.3 is 0 Å². The molecule has 0 aliphatic carbocycles. The van der Waals surface area contributed by atoms with Crippen LogP contribution in [0.3, 0.4) is 0 Å². The van der Waals surface area contributed by atoms with E-state index in [1.54, 1.807) is 0 Å². The molecule has 0 aliphatic heterocycles. The lowest BCUT2D eigenvalue weighted by Crippen LogP contribution is -2.28. The van der Waals surface area contributed by atoms with E-state index in [2.05, 4.69) is 45.5 Å². The summed E-state index contributed by atoms with van der Waals surface area (Å²) in [4.78, 5) is 12.4. The Morgan fingerprint density at radius 3 is 2.24 bits per heavy atom. The van der Waals surface area contributed by atoms with Crippen LogP contribution in [0, 0.1) is 0 Å². The van der Waals surface area contributed by atoms with Gasteiger partial charge in [0.05, 0.1) is 5.92 Å². The van der Waals surface area contributed by atoms with Gasteiger partial charge in [-0.15, -0.1) is 0 Å². The van der Waals surface area contributed by atoms with Gasteiger partial charge in [0.15, 0.2) is 0 Å². The molecule has 3 heteroatoms. The molecule has 2 nitrogen and oxygen atoms in total. The molecular formula is C18H20BrNO. The molecule has 0 fully saturated rings. The lowest BCUT2D eigenvalue weighted by atomic mass is 9.95. The third-order valence-electron chi connectivity index (χ3n) is 3.57. The van der Waals surface area contributed by atoms with Crippen LogP contribution in [0.1, 0.15) is 36.0 Å². The smallest absolute Gasteiger partial charge is 0.227 e. The van der Waals surface area contributed by atoms with Crippen molar-refractivity contribution in [3.63, 3.8) is 0 Å². The largest absolute Gasteiger partial charge is 0.351 e. The Morgan fingerprint density at radius 1 is 1.05 bits per heavy atom. The van der Waals surface area contributed by atoms with Crippen LogP contribution in [0.25, 0.3) is 0 Å². The minimum absolute atomic E-state index is 0.0759. The molecule has 2 rings (SSSR count). The molecule has 0 saturated carbocycles. The first-order chi connectivity index (χ1) is 10.2. The zero-order valence-corrected chi connectivity index (χ0v) is 13.8. The fourth-order valence-electron chi connectivity index (χ4n) is 2.32. The normalized spacial score (nSPS) is 11.9. The highest BCUT2D eigenvalue weighted by Crippen LogP contribution is 2.19. The third-order valence-corrected chi connectivity index (χ3v) is 4.22. The highest BCUT2D eigenvalue weighted by molar-refractivity contribution is 9.08. The summed E-state index contributed by atoms with van der Waals surface area (Å²) in [5.74, 6) is 0.0151. The molecular weight excluding hydrogens is 326 g/mol. The Morgan fingerprint density at radius 2 is 1.67 bits per heavy atom. The first-order valence-electron chi connectivity index (χ1n) is 7.21. The van der Waals surface area contributed by atoms with E-state index in [-0.39, 0.29) is 11.8 Å². The number of alkyl halides is 1. The van der Waals surface area contributed by atoms with Gasteiger partial charge in [-0.25, -0.2) is 0 Å². The zero-order valence-electron chi connectivity index (χ0n) is 12.2. The SMILES string of the molecule is CCC(C(=O)NCc1ccc(CBr)cc1)c1ccccc1. The number of nitrogens with one attached hydrogen (secondary N) is 1. The molecule has 0 saturated heterocycles. The summed E-state index contributed by atoms with van der Waals surface area (Å²) in [7, 11) is 0. The number of halogens is 1. The van der Waals surface area contributed by atoms with E-state index in [4.69, 9.17) is 0 Å². The molecule has 0 spiro atoms. The van der Waals surface area contributed by atoms with Crippen molar-refractivity contribution in [3.8, 4) is 0 Å². The van der Waals surface area contributed by atoms with Gasteiger partial charge in [-0.05, 0) is 23.1 Å². The van der Waals surface area contributed by atoms with Gasteiger partial charge in [-0.3, -0.25) is 4.79 Å². The van der Waals surface area contributed by atoms with Crippen LogP contribution in [0.4, 0.5) is 0 Å². The lowest BCUT2D eigenvalue weighted by Gasteiger charge is -2.15. The number of benzene rings is 2. The van der Waals surface area contributed by atoms with Crippen molar-refractivity contribution in [2.24, 2.45) is 0 Å². The number of rotatable bonds is 6. The van der Waals surface area contributed by atoms with Crippen LogP contribution in [-0.4, -0.2) is 5.91 Å². The molecule has 0 aromatic heterocycles. The van der Waals surface area contributed by atoms with Crippen molar-refractivity contribution in [1.82, 2.24) is 5.32 Å². The number of hydrogen-bond acceptors (Lipinski definition) is 1. The van der Waals surface area contributed by atoms with Gasteiger partial charge in [0.1, 0.15) is 0 Å². The van der Waals surface area contributed by atoms with E-state index in [9.17, 15) is 4.79 Å². The fraction of sp³-hybridized carbons (Fsp3) is 0.278. The van der Waals surface area contributed by atoms with E-state index in [0.717, 1.165) is 22.9 Å². The Kier molecular flexibility index (Phi) is 6.00. The van der Waals surface area contributed by atoms with Crippen molar-refractivity contribution >= 4 is 21.8 Å². The Bertz CT molecular complexity index is 566. The van der Waals surface area contributed by atoms with Gasteiger partial charge in [-0.2, -0.15) is 0 Å². The second-order valence-electron chi connectivity index (χ2n) is 5.04.